The smallest absolute Gasteiger partial charge is 0.0354 e. The number of allylic oxidation sites excluding steroid dienone is 4. The van der Waals surface area contributed by atoms with Gasteiger partial charge in [0.1, 0.15) is 0 Å². The summed E-state index contributed by atoms with van der Waals surface area (Å²) >= 11 is 1.89. The van der Waals surface area contributed by atoms with Gasteiger partial charge in [-0.1, -0.05) is 30.4 Å². The molecule has 2 aromatic rings. The summed E-state index contributed by atoms with van der Waals surface area (Å²) in [5.74, 6) is 0. The van der Waals surface area contributed by atoms with Crippen molar-refractivity contribution in [1.29, 1.82) is 0 Å². The highest BCUT2D eigenvalue weighted by Gasteiger charge is 2.10. The number of hydrogen-bond donors (Lipinski definition) is 0. The minimum atomic E-state index is 1.09. The molecule has 1 aliphatic carbocycles. The topological polar surface area (TPSA) is 0 Å². The van der Waals surface area contributed by atoms with Gasteiger partial charge in [-0.2, -0.15) is 0 Å². The second-order valence-corrected chi connectivity index (χ2v) is 4.97. The van der Waals surface area contributed by atoms with E-state index in [1.165, 1.54) is 26.1 Å². The van der Waals surface area contributed by atoms with Crippen LogP contribution < -0.4 is 0 Å². The second kappa shape index (κ2) is 3.35. The van der Waals surface area contributed by atoms with Gasteiger partial charge in [-0.15, -0.1) is 11.3 Å². The lowest BCUT2D eigenvalue weighted by molar-refractivity contribution is 1.42. The van der Waals surface area contributed by atoms with Crippen LogP contribution in [0.25, 0.3) is 15.7 Å². The van der Waals surface area contributed by atoms with Gasteiger partial charge < -0.3 is 0 Å². The molecule has 0 spiro atoms. The molecular weight excluding hydrogens is 200 g/mol. The van der Waals surface area contributed by atoms with E-state index in [0.29, 0.717) is 0 Å². The van der Waals surface area contributed by atoms with Crippen molar-refractivity contribution < 1.29 is 0 Å². The van der Waals surface area contributed by atoms with Crippen LogP contribution in [-0.2, 0) is 0 Å². The Morgan fingerprint density at radius 3 is 2.73 bits per heavy atom. The molecule has 3 rings (SSSR count). The third-order valence-corrected chi connectivity index (χ3v) is 4.01. The van der Waals surface area contributed by atoms with Crippen molar-refractivity contribution in [1.82, 2.24) is 0 Å². The van der Waals surface area contributed by atoms with Crippen LogP contribution in [-0.4, -0.2) is 0 Å². The Labute approximate surface area is 93.6 Å². The summed E-state index contributed by atoms with van der Waals surface area (Å²) in [4.78, 5) is 1.41. The van der Waals surface area contributed by atoms with Gasteiger partial charge in [0.2, 0.25) is 0 Å². The number of fused-ring (bicyclic) bond motifs is 1. The zero-order chi connectivity index (χ0) is 10.3. The standard InChI is InChI=1S/C14H12S/c1-10-5-4-7-12(10)14-9-11-6-2-3-8-13(11)15-14/h2-3,5-9H,4H2,1H3. The molecule has 1 aromatic heterocycles. The van der Waals surface area contributed by atoms with E-state index in [2.05, 4.69) is 49.4 Å². The van der Waals surface area contributed by atoms with Crippen LogP contribution >= 0.6 is 11.3 Å². The first-order valence-electron chi connectivity index (χ1n) is 5.21. The first-order valence-corrected chi connectivity index (χ1v) is 6.02. The quantitative estimate of drug-likeness (QED) is 0.646. The average molecular weight is 212 g/mol. The molecule has 0 saturated heterocycles. The van der Waals surface area contributed by atoms with Crippen LogP contribution in [0.2, 0.25) is 0 Å². The van der Waals surface area contributed by atoms with E-state index < -0.39 is 0 Å². The summed E-state index contributed by atoms with van der Waals surface area (Å²) in [6, 6.07) is 10.9. The minimum Gasteiger partial charge on any atom is -0.135 e. The Hall–Kier alpha value is -1.34. The Morgan fingerprint density at radius 1 is 1.13 bits per heavy atom. The van der Waals surface area contributed by atoms with Gasteiger partial charge >= 0.3 is 0 Å². The van der Waals surface area contributed by atoms with Gasteiger partial charge in [-0.25, -0.2) is 0 Å². The molecule has 1 heteroatoms. The van der Waals surface area contributed by atoms with Crippen molar-refractivity contribution in [2.75, 3.05) is 0 Å². The van der Waals surface area contributed by atoms with Crippen LogP contribution in [0.5, 0.6) is 0 Å². The largest absolute Gasteiger partial charge is 0.135 e. The van der Waals surface area contributed by atoms with Gasteiger partial charge in [0.05, 0.1) is 0 Å². The number of hydrogen-bond acceptors (Lipinski definition) is 1. The third-order valence-electron chi connectivity index (χ3n) is 2.86. The van der Waals surface area contributed by atoms with Crippen LogP contribution in [0.3, 0.4) is 0 Å². The SMILES string of the molecule is CC1=CCC=C1c1cc2ccccc2s1. The van der Waals surface area contributed by atoms with Gasteiger partial charge in [0.15, 0.2) is 0 Å². The lowest BCUT2D eigenvalue weighted by atomic mass is 10.1. The predicted octanol–water partition coefficient (Wildman–Crippen LogP) is 4.63. The zero-order valence-corrected chi connectivity index (χ0v) is 9.47. The van der Waals surface area contributed by atoms with E-state index in [1.807, 2.05) is 11.3 Å². The molecule has 1 aliphatic rings. The van der Waals surface area contributed by atoms with Crippen molar-refractivity contribution in [2.45, 2.75) is 13.3 Å². The highest BCUT2D eigenvalue weighted by molar-refractivity contribution is 7.20. The molecule has 0 N–H and O–H groups in total. The molecule has 0 bridgehead atoms. The number of thiophene rings is 1. The minimum absolute atomic E-state index is 1.09. The van der Waals surface area contributed by atoms with Crippen molar-refractivity contribution in [3.63, 3.8) is 0 Å². The predicted molar refractivity (Wildman–Crippen MR) is 68.2 cm³/mol. The van der Waals surface area contributed by atoms with E-state index in [-0.39, 0.29) is 0 Å². The molecule has 0 nitrogen and oxygen atoms in total. The maximum Gasteiger partial charge on any atom is 0.0354 e. The molecular formula is C14H12S. The van der Waals surface area contributed by atoms with Crippen LogP contribution in [0.15, 0.2) is 48.1 Å². The Balaban J connectivity index is 2.17. The van der Waals surface area contributed by atoms with E-state index in [0.717, 1.165) is 6.42 Å². The molecule has 0 aliphatic heterocycles. The molecule has 1 aromatic carbocycles. The summed E-state index contributed by atoms with van der Waals surface area (Å²) in [5, 5.41) is 1.36. The van der Waals surface area contributed by atoms with Gasteiger partial charge in [-0.3, -0.25) is 0 Å². The fraction of sp³-hybridized carbons (Fsp3) is 0.143. The monoisotopic (exact) mass is 212 g/mol. The molecule has 0 unspecified atom stereocenters. The molecule has 0 amide bonds. The highest BCUT2D eigenvalue weighted by atomic mass is 32.1. The van der Waals surface area contributed by atoms with E-state index in [1.54, 1.807) is 0 Å². The Morgan fingerprint density at radius 2 is 2.00 bits per heavy atom. The average Bonchev–Trinajstić information content (AvgIpc) is 2.82. The summed E-state index contributed by atoms with van der Waals surface area (Å²) in [6.45, 7) is 2.20. The normalized spacial score (nSPS) is 15.5. The first-order chi connectivity index (χ1) is 7.34. The lowest BCUT2D eigenvalue weighted by Gasteiger charge is -1.98. The Kier molecular flexibility index (Phi) is 2.00. The molecule has 15 heavy (non-hydrogen) atoms. The van der Waals surface area contributed by atoms with Gasteiger partial charge in [0.25, 0.3) is 0 Å². The maximum absolute atomic E-state index is 2.32. The molecule has 0 fully saturated rings. The molecule has 0 saturated carbocycles. The number of rotatable bonds is 1. The van der Waals surface area contributed by atoms with Crippen LogP contribution in [0.1, 0.15) is 18.2 Å². The highest BCUT2D eigenvalue weighted by Crippen LogP contribution is 2.36. The first kappa shape index (κ1) is 8.93. The van der Waals surface area contributed by atoms with Crippen LogP contribution in [0.4, 0.5) is 0 Å². The van der Waals surface area contributed by atoms with E-state index in [4.69, 9.17) is 0 Å². The van der Waals surface area contributed by atoms with Gasteiger partial charge in [-0.05, 0) is 42.0 Å². The number of benzene rings is 1. The maximum atomic E-state index is 2.32. The third kappa shape index (κ3) is 1.44. The summed E-state index contributed by atoms with van der Waals surface area (Å²) in [6.07, 6.45) is 5.70. The zero-order valence-electron chi connectivity index (χ0n) is 8.66. The fourth-order valence-corrected chi connectivity index (χ4v) is 3.20. The van der Waals surface area contributed by atoms with Crippen molar-refractivity contribution in [3.05, 3.63) is 52.9 Å². The van der Waals surface area contributed by atoms with Crippen molar-refractivity contribution in [2.24, 2.45) is 0 Å². The molecule has 1 heterocycles. The lowest BCUT2D eigenvalue weighted by Crippen LogP contribution is -1.75. The summed E-state index contributed by atoms with van der Waals surface area (Å²) in [7, 11) is 0. The van der Waals surface area contributed by atoms with E-state index >= 15 is 0 Å². The fourth-order valence-electron chi connectivity index (χ4n) is 2.03. The second-order valence-electron chi connectivity index (χ2n) is 3.89. The van der Waals surface area contributed by atoms with Gasteiger partial charge in [0, 0.05) is 9.58 Å². The van der Waals surface area contributed by atoms with Crippen molar-refractivity contribution in [3.8, 4) is 0 Å². The Bertz CT molecular complexity index is 537. The molecule has 0 radical (unpaired) electrons. The summed E-state index contributed by atoms with van der Waals surface area (Å²) in [5.41, 5.74) is 2.85. The van der Waals surface area contributed by atoms with Crippen molar-refractivity contribution >= 4 is 27.0 Å². The summed E-state index contributed by atoms with van der Waals surface area (Å²) < 4.78 is 1.38. The van der Waals surface area contributed by atoms with E-state index in [9.17, 15) is 0 Å². The van der Waals surface area contributed by atoms with Crippen LogP contribution in [0, 0.1) is 0 Å². The molecule has 0 atom stereocenters. The molecule has 74 valence electrons.